The molecule has 38 heavy (non-hydrogen) atoms. The van der Waals surface area contributed by atoms with Gasteiger partial charge in [0.05, 0.1) is 0 Å². The van der Waals surface area contributed by atoms with Crippen molar-refractivity contribution in [3.63, 3.8) is 0 Å². The van der Waals surface area contributed by atoms with Gasteiger partial charge in [-0.3, -0.25) is 9.59 Å². The number of aliphatic carboxylic acids is 1. The highest BCUT2D eigenvalue weighted by atomic mass is 16.5. The highest BCUT2D eigenvalue weighted by Crippen LogP contribution is 2.37. The maximum Gasteiger partial charge on any atom is 0.320 e. The number of carboxylic acid groups (broad SMARTS) is 1. The molecule has 194 valence electrons. The molecular formula is C29H28N4O5. The van der Waals surface area contributed by atoms with Crippen LogP contribution in [0.4, 0.5) is 17.4 Å². The molecule has 0 spiro atoms. The van der Waals surface area contributed by atoms with Crippen LogP contribution in [0.5, 0.6) is 11.5 Å². The number of hydrogen-bond donors (Lipinski definition) is 3. The number of amides is 1. The zero-order valence-corrected chi connectivity index (χ0v) is 20.7. The van der Waals surface area contributed by atoms with E-state index in [0.29, 0.717) is 23.0 Å². The number of carboxylic acids is 1. The standard InChI is InChI=1S/C29H28N4O5/c34-26(35)17-19-9-11-20(12-10-19)21-13-15-22(16-14-21)30-27(36)28-32-33-29(38-28)31-23-5-4-8-25(18-23)37-24-6-2-1-3-7-24/h1-8,13-16,18-20H,9-12,17H2,(H,30,36)(H,31,33)(H,34,35)/t19-,20-. The van der Waals surface area contributed by atoms with E-state index >= 15 is 0 Å². The number of aromatic nitrogens is 2. The second-order valence-electron chi connectivity index (χ2n) is 9.37. The maximum absolute atomic E-state index is 12.6. The molecule has 1 aliphatic rings. The molecule has 3 N–H and O–H groups in total. The molecule has 0 atom stereocenters. The molecule has 0 saturated heterocycles. The molecule has 4 aromatic rings. The van der Waals surface area contributed by atoms with Crippen LogP contribution in [0.2, 0.25) is 0 Å². The van der Waals surface area contributed by atoms with Crippen LogP contribution in [0.3, 0.4) is 0 Å². The lowest BCUT2D eigenvalue weighted by molar-refractivity contribution is -0.138. The molecular weight excluding hydrogens is 484 g/mol. The van der Waals surface area contributed by atoms with Crippen molar-refractivity contribution in [1.82, 2.24) is 10.2 Å². The Bertz CT molecular complexity index is 1380. The third-order valence-electron chi connectivity index (χ3n) is 6.63. The zero-order valence-electron chi connectivity index (χ0n) is 20.7. The quantitative estimate of drug-likeness (QED) is 0.229. The topological polar surface area (TPSA) is 127 Å². The van der Waals surface area contributed by atoms with E-state index in [4.69, 9.17) is 14.3 Å². The molecule has 0 aliphatic heterocycles. The first-order valence-corrected chi connectivity index (χ1v) is 12.6. The molecule has 1 aliphatic carbocycles. The van der Waals surface area contributed by atoms with Crippen molar-refractivity contribution < 1.29 is 23.8 Å². The molecule has 1 amide bonds. The smallest absolute Gasteiger partial charge is 0.320 e. The van der Waals surface area contributed by atoms with Gasteiger partial charge in [-0.15, -0.1) is 5.10 Å². The molecule has 1 aromatic heterocycles. The lowest BCUT2D eigenvalue weighted by atomic mass is 9.77. The minimum absolute atomic E-state index is 0.0841. The third kappa shape index (κ3) is 6.56. The Balaban J connectivity index is 1.14. The second kappa shape index (κ2) is 11.6. The molecule has 1 fully saturated rings. The number of nitrogens with zero attached hydrogens (tertiary/aromatic N) is 2. The normalized spacial score (nSPS) is 16.9. The number of nitrogens with one attached hydrogen (secondary N) is 2. The summed E-state index contributed by atoms with van der Waals surface area (Å²) in [5, 5.41) is 22.5. The fraction of sp³-hybridized carbons (Fsp3) is 0.241. The molecule has 1 saturated carbocycles. The fourth-order valence-electron chi connectivity index (χ4n) is 4.72. The van der Waals surface area contributed by atoms with E-state index in [1.165, 1.54) is 5.56 Å². The van der Waals surface area contributed by atoms with E-state index in [9.17, 15) is 9.59 Å². The summed E-state index contributed by atoms with van der Waals surface area (Å²) in [6, 6.07) is 24.5. The molecule has 0 radical (unpaired) electrons. The van der Waals surface area contributed by atoms with Gasteiger partial charge in [-0.05, 0) is 79.5 Å². The van der Waals surface area contributed by atoms with Gasteiger partial charge in [-0.2, -0.15) is 0 Å². The van der Waals surface area contributed by atoms with E-state index in [0.717, 1.165) is 31.4 Å². The van der Waals surface area contributed by atoms with Gasteiger partial charge < -0.3 is 24.9 Å². The summed E-state index contributed by atoms with van der Waals surface area (Å²) >= 11 is 0. The summed E-state index contributed by atoms with van der Waals surface area (Å²) in [6.45, 7) is 0. The van der Waals surface area contributed by atoms with Gasteiger partial charge in [0.15, 0.2) is 0 Å². The van der Waals surface area contributed by atoms with Crippen LogP contribution in [0.25, 0.3) is 0 Å². The Morgan fingerprint density at radius 2 is 1.61 bits per heavy atom. The van der Waals surface area contributed by atoms with Gasteiger partial charge in [-0.25, -0.2) is 0 Å². The van der Waals surface area contributed by atoms with E-state index in [-0.39, 0.29) is 24.2 Å². The Morgan fingerprint density at radius 3 is 2.34 bits per heavy atom. The number of rotatable bonds is 9. The van der Waals surface area contributed by atoms with Crippen molar-refractivity contribution in [2.24, 2.45) is 5.92 Å². The lowest BCUT2D eigenvalue weighted by Gasteiger charge is -2.28. The van der Waals surface area contributed by atoms with Crippen LogP contribution >= 0.6 is 0 Å². The van der Waals surface area contributed by atoms with Crippen LogP contribution in [0.1, 0.15) is 54.3 Å². The Hall–Kier alpha value is -4.66. The first-order chi connectivity index (χ1) is 18.5. The minimum Gasteiger partial charge on any atom is -0.481 e. The van der Waals surface area contributed by atoms with Crippen molar-refractivity contribution in [2.75, 3.05) is 10.6 Å². The minimum atomic E-state index is -0.722. The van der Waals surface area contributed by atoms with Crippen LogP contribution in [-0.2, 0) is 4.79 Å². The number of benzene rings is 3. The summed E-state index contributed by atoms with van der Waals surface area (Å²) in [7, 11) is 0. The number of ether oxygens (including phenoxy) is 1. The molecule has 3 aromatic carbocycles. The van der Waals surface area contributed by atoms with Crippen molar-refractivity contribution in [3.8, 4) is 11.5 Å². The summed E-state index contributed by atoms with van der Waals surface area (Å²) in [5.41, 5.74) is 2.48. The Labute approximate surface area is 219 Å². The van der Waals surface area contributed by atoms with Crippen LogP contribution in [0.15, 0.2) is 83.3 Å². The van der Waals surface area contributed by atoms with Crippen molar-refractivity contribution in [2.45, 2.75) is 38.0 Å². The van der Waals surface area contributed by atoms with Gasteiger partial charge in [0.2, 0.25) is 0 Å². The van der Waals surface area contributed by atoms with Crippen LogP contribution in [0, 0.1) is 5.92 Å². The number of hydrogen-bond acceptors (Lipinski definition) is 7. The molecule has 5 rings (SSSR count). The summed E-state index contributed by atoms with van der Waals surface area (Å²) in [4.78, 5) is 23.6. The number of para-hydroxylation sites is 1. The van der Waals surface area contributed by atoms with E-state index in [1.807, 2.05) is 72.8 Å². The van der Waals surface area contributed by atoms with Crippen molar-refractivity contribution >= 4 is 29.3 Å². The number of carbonyl (C=O) groups excluding carboxylic acids is 1. The average Bonchev–Trinajstić information content (AvgIpc) is 3.39. The van der Waals surface area contributed by atoms with Crippen LogP contribution in [-0.4, -0.2) is 27.2 Å². The average molecular weight is 513 g/mol. The van der Waals surface area contributed by atoms with E-state index in [1.54, 1.807) is 6.07 Å². The molecule has 1 heterocycles. The highest BCUT2D eigenvalue weighted by Gasteiger charge is 2.24. The summed E-state index contributed by atoms with van der Waals surface area (Å²) in [6.07, 6.45) is 4.05. The SMILES string of the molecule is O=C(O)C[C@H]1CC[C@H](c2ccc(NC(=O)c3nnc(Nc4cccc(Oc5ccccc5)c4)o3)cc2)CC1. The fourth-order valence-corrected chi connectivity index (χ4v) is 4.72. The van der Waals surface area contributed by atoms with Gasteiger partial charge in [0.1, 0.15) is 11.5 Å². The predicted molar refractivity (Wildman–Crippen MR) is 142 cm³/mol. The summed E-state index contributed by atoms with van der Waals surface area (Å²) in [5.74, 6) is 0.639. The first kappa shape index (κ1) is 25.0. The maximum atomic E-state index is 12.6. The summed E-state index contributed by atoms with van der Waals surface area (Å²) < 4.78 is 11.3. The predicted octanol–water partition coefficient (Wildman–Crippen LogP) is 6.61. The van der Waals surface area contributed by atoms with Gasteiger partial charge in [0, 0.05) is 23.9 Å². The van der Waals surface area contributed by atoms with Gasteiger partial charge in [-0.1, -0.05) is 41.5 Å². The van der Waals surface area contributed by atoms with Gasteiger partial charge in [0.25, 0.3) is 0 Å². The molecule has 0 bridgehead atoms. The number of carbonyl (C=O) groups is 2. The number of anilines is 3. The molecule has 0 unspecified atom stereocenters. The lowest BCUT2D eigenvalue weighted by Crippen LogP contribution is -2.16. The van der Waals surface area contributed by atoms with E-state index < -0.39 is 11.9 Å². The van der Waals surface area contributed by atoms with E-state index in [2.05, 4.69) is 20.8 Å². The van der Waals surface area contributed by atoms with Crippen molar-refractivity contribution in [1.29, 1.82) is 0 Å². The van der Waals surface area contributed by atoms with Crippen LogP contribution < -0.4 is 15.4 Å². The van der Waals surface area contributed by atoms with Gasteiger partial charge >= 0.3 is 23.8 Å². The molecule has 9 heteroatoms. The monoisotopic (exact) mass is 512 g/mol. The second-order valence-corrected chi connectivity index (χ2v) is 9.37. The Morgan fingerprint density at radius 1 is 0.868 bits per heavy atom. The Kier molecular flexibility index (Phi) is 7.63. The van der Waals surface area contributed by atoms with Crippen molar-refractivity contribution in [3.05, 3.63) is 90.3 Å². The third-order valence-corrected chi connectivity index (χ3v) is 6.63. The largest absolute Gasteiger partial charge is 0.481 e. The first-order valence-electron chi connectivity index (χ1n) is 12.6. The zero-order chi connectivity index (χ0) is 26.3. The highest BCUT2D eigenvalue weighted by molar-refractivity contribution is 6.00. The molecule has 9 nitrogen and oxygen atoms in total.